The van der Waals surface area contributed by atoms with Gasteiger partial charge in [-0.25, -0.2) is 9.97 Å². The molecular formula is C23H22N6O2S2. The maximum Gasteiger partial charge on any atom is 0.274 e. The van der Waals surface area contributed by atoms with Crippen molar-refractivity contribution < 1.29 is 9.59 Å². The van der Waals surface area contributed by atoms with Gasteiger partial charge in [-0.15, -0.1) is 23.1 Å². The quantitative estimate of drug-likeness (QED) is 0.454. The van der Waals surface area contributed by atoms with Gasteiger partial charge in [0.2, 0.25) is 0 Å². The topological polar surface area (TPSA) is 104 Å². The lowest BCUT2D eigenvalue weighted by atomic mass is 10.1. The number of carbonyl (C=O) groups excluding carboxylic acids is 2. The van der Waals surface area contributed by atoms with E-state index in [2.05, 4.69) is 31.5 Å². The number of aromatic amines is 1. The summed E-state index contributed by atoms with van der Waals surface area (Å²) in [5, 5.41) is 11.1. The number of pyridine rings is 1. The number of aromatic nitrogens is 4. The van der Waals surface area contributed by atoms with Crippen LogP contribution >= 0.6 is 23.1 Å². The summed E-state index contributed by atoms with van der Waals surface area (Å²) in [5.41, 5.74) is 3.72. The molecule has 0 aliphatic carbocycles. The number of hydrogen-bond acceptors (Lipinski definition) is 7. The Morgan fingerprint density at radius 2 is 2.12 bits per heavy atom. The summed E-state index contributed by atoms with van der Waals surface area (Å²) >= 11 is 3.19. The Morgan fingerprint density at radius 3 is 2.97 bits per heavy atom. The standard InChI is InChI=1S/C23H22N6O2S2/c1-13-4-3-5-15(8-13)20-19(27-14(2)33-20)23(31)29-6-7-32-18(29)12-25-22(30)17-9-16-11-26-28-21(16)24-10-17/h3-5,8-11,18H,6-7,12H2,1-2H3,(H,25,30)(H,24,26,28). The van der Waals surface area contributed by atoms with Gasteiger partial charge in [0.15, 0.2) is 5.65 Å². The zero-order valence-electron chi connectivity index (χ0n) is 18.2. The summed E-state index contributed by atoms with van der Waals surface area (Å²) in [5.74, 6) is 0.495. The number of thiazole rings is 1. The number of benzene rings is 1. The van der Waals surface area contributed by atoms with E-state index >= 15 is 0 Å². The molecule has 1 aliphatic heterocycles. The largest absolute Gasteiger partial charge is 0.349 e. The first-order chi connectivity index (χ1) is 16.0. The SMILES string of the molecule is Cc1cccc(-c2sc(C)nc2C(=O)N2CCSC2CNC(=O)c2cnc3[nH]ncc3c2)c1. The third-order valence-electron chi connectivity index (χ3n) is 5.46. The van der Waals surface area contributed by atoms with Crippen molar-refractivity contribution in [2.75, 3.05) is 18.8 Å². The molecule has 8 nitrogen and oxygen atoms in total. The minimum Gasteiger partial charge on any atom is -0.349 e. The van der Waals surface area contributed by atoms with E-state index in [0.717, 1.165) is 32.2 Å². The Bertz CT molecular complexity index is 1350. The number of nitrogens with one attached hydrogen (secondary N) is 2. The van der Waals surface area contributed by atoms with Crippen LogP contribution < -0.4 is 5.32 Å². The van der Waals surface area contributed by atoms with Crippen molar-refractivity contribution in [1.82, 2.24) is 30.4 Å². The van der Waals surface area contributed by atoms with Gasteiger partial charge in [-0.2, -0.15) is 5.10 Å². The molecule has 10 heteroatoms. The van der Waals surface area contributed by atoms with Crippen molar-refractivity contribution >= 4 is 45.9 Å². The lowest BCUT2D eigenvalue weighted by molar-refractivity contribution is 0.0747. The molecule has 0 radical (unpaired) electrons. The lowest BCUT2D eigenvalue weighted by Crippen LogP contribution is -2.42. The number of carbonyl (C=O) groups is 2. The van der Waals surface area contributed by atoms with E-state index in [-0.39, 0.29) is 17.2 Å². The fourth-order valence-electron chi connectivity index (χ4n) is 3.86. The van der Waals surface area contributed by atoms with Gasteiger partial charge in [0.25, 0.3) is 11.8 Å². The maximum absolute atomic E-state index is 13.5. The van der Waals surface area contributed by atoms with Crippen LogP contribution in [-0.4, -0.2) is 61.1 Å². The van der Waals surface area contributed by atoms with Gasteiger partial charge in [0.05, 0.1) is 27.0 Å². The Labute approximate surface area is 198 Å². The average molecular weight is 479 g/mol. The number of thioether (sulfide) groups is 1. The van der Waals surface area contributed by atoms with Crippen molar-refractivity contribution in [2.24, 2.45) is 0 Å². The molecule has 2 N–H and O–H groups in total. The fraction of sp³-hybridized carbons (Fsp3) is 0.261. The minimum atomic E-state index is -0.226. The normalized spacial score (nSPS) is 15.8. The highest BCUT2D eigenvalue weighted by molar-refractivity contribution is 8.00. The van der Waals surface area contributed by atoms with Gasteiger partial charge >= 0.3 is 0 Å². The number of amides is 2. The Kier molecular flexibility index (Phi) is 5.86. The first kappa shape index (κ1) is 21.6. The second kappa shape index (κ2) is 8.95. The summed E-state index contributed by atoms with van der Waals surface area (Å²) in [6, 6.07) is 9.86. The molecule has 1 atom stereocenters. The third kappa shape index (κ3) is 4.36. The highest BCUT2D eigenvalue weighted by atomic mass is 32.2. The van der Waals surface area contributed by atoms with Gasteiger partial charge in [0.1, 0.15) is 5.69 Å². The first-order valence-corrected chi connectivity index (χ1v) is 12.4. The molecule has 33 heavy (non-hydrogen) atoms. The zero-order valence-corrected chi connectivity index (χ0v) is 19.8. The Balaban J connectivity index is 1.31. The molecule has 0 bridgehead atoms. The van der Waals surface area contributed by atoms with Crippen LogP contribution in [0.5, 0.6) is 0 Å². The monoisotopic (exact) mass is 478 g/mol. The van der Waals surface area contributed by atoms with Crippen LogP contribution in [0.25, 0.3) is 21.5 Å². The van der Waals surface area contributed by atoms with E-state index in [9.17, 15) is 9.59 Å². The van der Waals surface area contributed by atoms with Crippen molar-refractivity contribution in [3.05, 3.63) is 64.6 Å². The number of aryl methyl sites for hydroxylation is 2. The summed E-state index contributed by atoms with van der Waals surface area (Å²) in [6.45, 7) is 4.93. The molecule has 3 aromatic heterocycles. The number of hydrogen-bond donors (Lipinski definition) is 2. The molecule has 2 amide bonds. The Hall–Kier alpha value is -3.24. The van der Waals surface area contributed by atoms with E-state index in [0.29, 0.717) is 30.0 Å². The molecule has 1 aliphatic rings. The van der Waals surface area contributed by atoms with Crippen molar-refractivity contribution in [3.63, 3.8) is 0 Å². The van der Waals surface area contributed by atoms with E-state index in [1.54, 1.807) is 24.0 Å². The molecule has 1 unspecified atom stereocenters. The third-order valence-corrected chi connectivity index (χ3v) is 7.70. The summed E-state index contributed by atoms with van der Waals surface area (Å²) in [7, 11) is 0. The van der Waals surface area contributed by atoms with Crippen LogP contribution in [-0.2, 0) is 0 Å². The highest BCUT2D eigenvalue weighted by Gasteiger charge is 2.33. The molecule has 1 fully saturated rings. The van der Waals surface area contributed by atoms with Crippen LogP contribution in [0.3, 0.4) is 0 Å². The molecule has 5 rings (SSSR count). The number of H-pyrrole nitrogens is 1. The van der Waals surface area contributed by atoms with E-state index in [1.165, 1.54) is 17.5 Å². The molecule has 1 aromatic carbocycles. The number of fused-ring (bicyclic) bond motifs is 1. The molecular weight excluding hydrogens is 456 g/mol. The highest BCUT2D eigenvalue weighted by Crippen LogP contribution is 2.33. The van der Waals surface area contributed by atoms with Crippen molar-refractivity contribution in [1.29, 1.82) is 0 Å². The van der Waals surface area contributed by atoms with Gasteiger partial charge < -0.3 is 10.2 Å². The molecule has 4 aromatic rings. The van der Waals surface area contributed by atoms with Crippen LogP contribution in [0.15, 0.2) is 42.7 Å². The molecule has 168 valence electrons. The van der Waals surface area contributed by atoms with Crippen LogP contribution in [0.1, 0.15) is 31.4 Å². The van der Waals surface area contributed by atoms with Crippen molar-refractivity contribution in [3.8, 4) is 10.4 Å². The predicted octanol–water partition coefficient (Wildman–Crippen LogP) is 3.64. The first-order valence-electron chi connectivity index (χ1n) is 10.5. The van der Waals surface area contributed by atoms with Crippen LogP contribution in [0.4, 0.5) is 0 Å². The molecule has 0 saturated carbocycles. The lowest BCUT2D eigenvalue weighted by Gasteiger charge is -2.23. The predicted molar refractivity (Wildman–Crippen MR) is 131 cm³/mol. The maximum atomic E-state index is 13.5. The minimum absolute atomic E-state index is 0.0958. The number of rotatable bonds is 5. The second-order valence-corrected chi connectivity index (χ2v) is 10.3. The van der Waals surface area contributed by atoms with Crippen LogP contribution in [0.2, 0.25) is 0 Å². The van der Waals surface area contributed by atoms with Gasteiger partial charge in [-0.1, -0.05) is 29.8 Å². The summed E-state index contributed by atoms with van der Waals surface area (Å²) in [6.07, 6.45) is 3.15. The van der Waals surface area contributed by atoms with Gasteiger partial charge in [0, 0.05) is 30.4 Å². The van der Waals surface area contributed by atoms with E-state index in [1.807, 2.05) is 36.9 Å². The van der Waals surface area contributed by atoms with Crippen LogP contribution in [0, 0.1) is 13.8 Å². The smallest absolute Gasteiger partial charge is 0.274 e. The Morgan fingerprint density at radius 1 is 1.24 bits per heavy atom. The summed E-state index contributed by atoms with van der Waals surface area (Å²) in [4.78, 5) is 37.7. The van der Waals surface area contributed by atoms with E-state index < -0.39 is 0 Å². The van der Waals surface area contributed by atoms with E-state index in [4.69, 9.17) is 0 Å². The van der Waals surface area contributed by atoms with Gasteiger partial charge in [-0.3, -0.25) is 14.7 Å². The molecule has 0 spiro atoms. The summed E-state index contributed by atoms with van der Waals surface area (Å²) < 4.78 is 0. The zero-order chi connectivity index (χ0) is 22.9. The number of nitrogens with zero attached hydrogens (tertiary/aromatic N) is 4. The second-order valence-electron chi connectivity index (χ2n) is 7.85. The average Bonchev–Trinajstić information content (AvgIpc) is 3.55. The molecule has 1 saturated heterocycles. The van der Waals surface area contributed by atoms with Crippen molar-refractivity contribution in [2.45, 2.75) is 19.2 Å². The molecule has 4 heterocycles. The fourth-order valence-corrected chi connectivity index (χ4v) is 5.92. The van der Waals surface area contributed by atoms with Gasteiger partial charge in [-0.05, 0) is 25.5 Å².